The van der Waals surface area contributed by atoms with Gasteiger partial charge in [0.2, 0.25) is 5.75 Å². The maximum absolute atomic E-state index is 13.5. The highest BCUT2D eigenvalue weighted by Crippen LogP contribution is 2.44. The van der Waals surface area contributed by atoms with Gasteiger partial charge in [0, 0.05) is 13.1 Å². The molecule has 8 nitrogen and oxygen atoms in total. The van der Waals surface area contributed by atoms with Crippen molar-refractivity contribution < 1.29 is 27.4 Å². The number of H-pyrrole nitrogens is 1. The molecule has 0 atom stereocenters. The maximum atomic E-state index is 13.5. The van der Waals surface area contributed by atoms with Gasteiger partial charge in [-0.15, -0.1) is 21.2 Å². The predicted molar refractivity (Wildman–Crippen MR) is 109 cm³/mol. The fraction of sp³-hybridized carbons (Fsp3) is 0.350. The molecule has 1 saturated heterocycles. The summed E-state index contributed by atoms with van der Waals surface area (Å²) < 4.78 is 37.4. The van der Waals surface area contributed by atoms with Crippen LogP contribution >= 0.6 is 12.4 Å². The zero-order valence-corrected chi connectivity index (χ0v) is 17.1. The molecule has 1 aromatic carbocycles. The highest BCUT2D eigenvalue weighted by atomic mass is 35.5. The van der Waals surface area contributed by atoms with Crippen LogP contribution in [0, 0.1) is 0 Å². The average Bonchev–Trinajstić information content (AvgIpc) is 3.34. The highest BCUT2D eigenvalue weighted by molar-refractivity contribution is 5.99. The van der Waals surface area contributed by atoms with Crippen LogP contribution in [-0.4, -0.2) is 48.3 Å². The summed E-state index contributed by atoms with van der Waals surface area (Å²) in [6.07, 6.45) is 0.0185. The molecule has 2 aliphatic heterocycles. The molecule has 2 aliphatic rings. The number of alkyl halides is 2. The molecule has 2 aromatic heterocycles. The van der Waals surface area contributed by atoms with Crippen molar-refractivity contribution in [3.05, 3.63) is 46.4 Å². The molecule has 1 fully saturated rings. The molecule has 5 rings (SSSR count). The van der Waals surface area contributed by atoms with Crippen LogP contribution in [0.1, 0.15) is 23.2 Å². The van der Waals surface area contributed by atoms with Crippen LogP contribution < -0.4 is 24.8 Å². The third-order valence-corrected chi connectivity index (χ3v) is 5.41. The van der Waals surface area contributed by atoms with E-state index in [-0.39, 0.29) is 51.9 Å². The predicted octanol–water partition coefficient (Wildman–Crippen LogP) is 1.84. The van der Waals surface area contributed by atoms with Crippen molar-refractivity contribution in [1.82, 2.24) is 15.2 Å². The number of likely N-dealkylation sites (tertiary alicyclic amines) is 1. The number of carbonyl (C=O) groups is 1. The van der Waals surface area contributed by atoms with Crippen LogP contribution in [0.3, 0.4) is 0 Å². The summed E-state index contributed by atoms with van der Waals surface area (Å²) in [4.78, 5) is 30.9. The van der Waals surface area contributed by atoms with E-state index in [2.05, 4.69) is 24.7 Å². The molecule has 0 radical (unpaired) electrons. The summed E-state index contributed by atoms with van der Waals surface area (Å²) in [5.41, 5.74) is -0.0128. The molecule has 2 N–H and O–H groups in total. The van der Waals surface area contributed by atoms with E-state index in [0.29, 0.717) is 6.54 Å². The number of aromatic nitrogens is 2. The normalized spacial score (nSPS) is 17.1. The van der Waals surface area contributed by atoms with E-state index in [0.717, 1.165) is 32.5 Å². The molecule has 3 aromatic rings. The third-order valence-electron chi connectivity index (χ3n) is 5.41. The Morgan fingerprint density at radius 3 is 2.77 bits per heavy atom. The number of amides is 1. The maximum Gasteiger partial charge on any atom is 0.586 e. The minimum absolute atomic E-state index is 0. The number of hydrogen-bond acceptors (Lipinski definition) is 5. The van der Waals surface area contributed by atoms with Crippen molar-refractivity contribution in [2.24, 2.45) is 0 Å². The number of benzene rings is 1. The number of nitrogens with one attached hydrogen (secondary N) is 2. The van der Waals surface area contributed by atoms with Gasteiger partial charge in [-0.3, -0.25) is 4.79 Å². The zero-order valence-electron chi connectivity index (χ0n) is 16.3. The van der Waals surface area contributed by atoms with E-state index in [1.165, 1.54) is 22.7 Å². The van der Waals surface area contributed by atoms with E-state index in [4.69, 9.17) is 0 Å². The van der Waals surface area contributed by atoms with Crippen LogP contribution in [0.5, 0.6) is 11.5 Å². The molecular formula is C20H20ClF2N4O4+. The molecule has 164 valence electrons. The van der Waals surface area contributed by atoms with Gasteiger partial charge in [-0.2, -0.15) is 4.40 Å². The molecular weight excluding hydrogens is 434 g/mol. The van der Waals surface area contributed by atoms with E-state index < -0.39 is 11.9 Å². The first-order valence-corrected chi connectivity index (χ1v) is 9.73. The molecule has 1 amide bonds. The number of ether oxygens (including phenoxy) is 2. The summed E-state index contributed by atoms with van der Waals surface area (Å²) in [6, 6.07) is 5.80. The number of hydrogen-bond donors (Lipinski definition) is 2. The third kappa shape index (κ3) is 3.77. The highest BCUT2D eigenvalue weighted by Gasteiger charge is 2.45. The van der Waals surface area contributed by atoms with Gasteiger partial charge >= 0.3 is 11.9 Å². The number of halogens is 3. The fourth-order valence-corrected chi connectivity index (χ4v) is 3.98. The second-order valence-corrected chi connectivity index (χ2v) is 7.36. The van der Waals surface area contributed by atoms with Crippen molar-refractivity contribution in [1.29, 1.82) is 0 Å². The Labute approximate surface area is 181 Å². The first-order chi connectivity index (χ1) is 14.4. The van der Waals surface area contributed by atoms with Crippen LogP contribution in [0.2, 0.25) is 0 Å². The van der Waals surface area contributed by atoms with Crippen molar-refractivity contribution in [2.75, 3.05) is 26.2 Å². The lowest BCUT2D eigenvalue weighted by Gasteiger charge is -2.14. The molecule has 31 heavy (non-hydrogen) atoms. The van der Waals surface area contributed by atoms with Gasteiger partial charge in [0.15, 0.2) is 11.3 Å². The number of nitrogens with zero attached hydrogens (tertiary/aromatic N) is 2. The molecule has 0 aliphatic carbocycles. The first kappa shape index (κ1) is 21.3. The van der Waals surface area contributed by atoms with Gasteiger partial charge in [-0.25, -0.2) is 9.78 Å². The Kier molecular flexibility index (Phi) is 5.44. The molecule has 4 heterocycles. The van der Waals surface area contributed by atoms with Gasteiger partial charge in [0.25, 0.3) is 11.6 Å². The van der Waals surface area contributed by atoms with Crippen LogP contribution in [0.25, 0.3) is 16.6 Å². The number of aromatic amines is 1. The average molecular weight is 454 g/mol. The summed E-state index contributed by atoms with van der Waals surface area (Å²) in [5, 5.41) is 3.00. The van der Waals surface area contributed by atoms with Gasteiger partial charge in [0.1, 0.15) is 10.9 Å². The summed E-state index contributed by atoms with van der Waals surface area (Å²) in [7, 11) is 0. The Balaban J connectivity index is 0.00000231. The van der Waals surface area contributed by atoms with E-state index in [1.807, 2.05) is 0 Å². The van der Waals surface area contributed by atoms with Crippen LogP contribution in [0.4, 0.5) is 8.78 Å². The topological polar surface area (TPSA) is 87.8 Å². The van der Waals surface area contributed by atoms with Gasteiger partial charge in [-0.05, 0) is 50.2 Å². The SMILES string of the molecule is Cl.O=C(NCCN1CCCC1)c1ccc[n+]2c(=O)c3ccc4c(c3[nH]c12)OC(F)(F)O4. The molecule has 0 unspecified atom stereocenters. The number of pyridine rings is 1. The minimum Gasteiger partial charge on any atom is -0.395 e. The smallest absolute Gasteiger partial charge is 0.395 e. The Bertz CT molecular complexity index is 1230. The molecule has 0 spiro atoms. The summed E-state index contributed by atoms with van der Waals surface area (Å²) in [5.74, 6) is -0.807. The largest absolute Gasteiger partial charge is 0.586 e. The lowest BCUT2D eigenvalue weighted by atomic mass is 10.2. The van der Waals surface area contributed by atoms with Crippen molar-refractivity contribution in [2.45, 2.75) is 19.1 Å². The van der Waals surface area contributed by atoms with Crippen molar-refractivity contribution >= 4 is 34.9 Å². The Morgan fingerprint density at radius 2 is 2.00 bits per heavy atom. The van der Waals surface area contributed by atoms with E-state index in [9.17, 15) is 18.4 Å². The van der Waals surface area contributed by atoms with E-state index in [1.54, 1.807) is 12.1 Å². The number of carbonyl (C=O) groups excluding carboxylic acids is 1. The fourth-order valence-electron chi connectivity index (χ4n) is 3.98. The van der Waals surface area contributed by atoms with Gasteiger partial charge in [-0.1, -0.05) is 0 Å². The van der Waals surface area contributed by atoms with Gasteiger partial charge < -0.3 is 19.7 Å². The van der Waals surface area contributed by atoms with Crippen LogP contribution in [-0.2, 0) is 0 Å². The summed E-state index contributed by atoms with van der Waals surface area (Å²) >= 11 is 0. The number of fused-ring (bicyclic) bond motifs is 4. The minimum atomic E-state index is -3.82. The zero-order chi connectivity index (χ0) is 20.9. The number of rotatable bonds is 4. The standard InChI is InChI=1S/C20H18F2N4O4.ClH/c21-20(22)29-14-6-5-12-15(16(14)30-20)24-17-13(4-3-10-26(17)19(12)28)18(27)23-7-11-25-8-1-2-9-25;/h3-6,10H,1-2,7-9,11H2,(H,23,27);1H/p+1. The second-order valence-electron chi connectivity index (χ2n) is 7.36. The lowest BCUT2D eigenvalue weighted by molar-refractivity contribution is -0.529. The van der Waals surface area contributed by atoms with Gasteiger partial charge in [0.05, 0.1) is 6.20 Å². The van der Waals surface area contributed by atoms with Crippen molar-refractivity contribution in [3.8, 4) is 11.5 Å². The quantitative estimate of drug-likeness (QED) is 0.465. The molecule has 0 bridgehead atoms. The van der Waals surface area contributed by atoms with Crippen LogP contribution in [0.15, 0.2) is 35.3 Å². The second kappa shape index (κ2) is 7.93. The lowest BCUT2D eigenvalue weighted by Crippen LogP contribution is -2.43. The Hall–Kier alpha value is -2.98. The van der Waals surface area contributed by atoms with E-state index >= 15 is 0 Å². The summed E-state index contributed by atoms with van der Waals surface area (Å²) in [6.45, 7) is 3.27. The van der Waals surface area contributed by atoms with Crippen molar-refractivity contribution in [3.63, 3.8) is 0 Å². The molecule has 0 saturated carbocycles. The molecule has 11 heteroatoms. The monoisotopic (exact) mass is 453 g/mol. The first-order valence-electron chi connectivity index (χ1n) is 9.73. The Morgan fingerprint density at radius 1 is 1.23 bits per heavy atom.